The molecule has 0 radical (unpaired) electrons. The lowest BCUT2D eigenvalue weighted by Crippen LogP contribution is -2.48. The standard InChI is InChI=1S/C17H34N2/c1-16(2,3)14-8-7-10-18(12-14)15-9-11-19(13-15)17(4,5)6/h14-15H,7-13H2,1-6H3. The maximum atomic E-state index is 2.80. The van der Waals surface area contributed by atoms with Crippen LogP contribution in [0.2, 0.25) is 0 Å². The molecule has 0 amide bonds. The highest BCUT2D eigenvalue weighted by Crippen LogP contribution is 2.35. The van der Waals surface area contributed by atoms with Crippen molar-refractivity contribution in [1.82, 2.24) is 9.80 Å². The number of rotatable bonds is 1. The van der Waals surface area contributed by atoms with Gasteiger partial charge >= 0.3 is 0 Å². The quantitative estimate of drug-likeness (QED) is 0.715. The van der Waals surface area contributed by atoms with Gasteiger partial charge in [0.2, 0.25) is 0 Å². The largest absolute Gasteiger partial charge is 0.299 e. The molecule has 2 atom stereocenters. The van der Waals surface area contributed by atoms with Gasteiger partial charge in [-0.05, 0) is 57.9 Å². The molecule has 0 spiro atoms. The van der Waals surface area contributed by atoms with Gasteiger partial charge in [-0.1, -0.05) is 20.8 Å². The highest BCUT2D eigenvalue weighted by Gasteiger charge is 2.37. The molecule has 2 heteroatoms. The summed E-state index contributed by atoms with van der Waals surface area (Å²) in [5, 5.41) is 0. The van der Waals surface area contributed by atoms with Crippen LogP contribution in [0, 0.1) is 11.3 Å². The molecule has 0 N–H and O–H groups in total. The van der Waals surface area contributed by atoms with E-state index in [0.717, 1.165) is 12.0 Å². The summed E-state index contributed by atoms with van der Waals surface area (Å²) < 4.78 is 0. The molecule has 0 aromatic carbocycles. The fourth-order valence-corrected chi connectivity index (χ4v) is 3.69. The molecule has 2 heterocycles. The van der Waals surface area contributed by atoms with E-state index in [-0.39, 0.29) is 0 Å². The Morgan fingerprint density at radius 1 is 0.842 bits per heavy atom. The van der Waals surface area contributed by atoms with Gasteiger partial charge in [0.1, 0.15) is 0 Å². The fraction of sp³-hybridized carbons (Fsp3) is 1.00. The summed E-state index contributed by atoms with van der Waals surface area (Å²) in [5.41, 5.74) is 0.814. The van der Waals surface area contributed by atoms with Gasteiger partial charge in [-0.25, -0.2) is 0 Å². The van der Waals surface area contributed by atoms with Crippen LogP contribution in [-0.4, -0.2) is 47.6 Å². The van der Waals surface area contributed by atoms with Crippen molar-refractivity contribution in [2.24, 2.45) is 11.3 Å². The van der Waals surface area contributed by atoms with Crippen molar-refractivity contribution in [1.29, 1.82) is 0 Å². The van der Waals surface area contributed by atoms with Crippen molar-refractivity contribution in [2.45, 2.75) is 72.4 Å². The monoisotopic (exact) mass is 266 g/mol. The van der Waals surface area contributed by atoms with Crippen molar-refractivity contribution in [2.75, 3.05) is 26.2 Å². The second-order valence-electron chi connectivity index (χ2n) is 8.76. The average Bonchev–Trinajstić information content (AvgIpc) is 2.77. The maximum Gasteiger partial charge on any atom is 0.0235 e. The van der Waals surface area contributed by atoms with E-state index in [1.165, 1.54) is 45.4 Å². The van der Waals surface area contributed by atoms with Gasteiger partial charge in [0.15, 0.2) is 0 Å². The Morgan fingerprint density at radius 2 is 1.53 bits per heavy atom. The second-order valence-corrected chi connectivity index (χ2v) is 8.76. The minimum atomic E-state index is 0.341. The van der Waals surface area contributed by atoms with E-state index >= 15 is 0 Å². The van der Waals surface area contributed by atoms with Gasteiger partial charge in [-0.15, -0.1) is 0 Å². The molecular weight excluding hydrogens is 232 g/mol. The van der Waals surface area contributed by atoms with Gasteiger partial charge in [-0.2, -0.15) is 0 Å². The van der Waals surface area contributed by atoms with Crippen LogP contribution in [0.3, 0.4) is 0 Å². The molecule has 2 nitrogen and oxygen atoms in total. The van der Waals surface area contributed by atoms with E-state index in [2.05, 4.69) is 51.3 Å². The van der Waals surface area contributed by atoms with Crippen LogP contribution >= 0.6 is 0 Å². The summed E-state index contributed by atoms with van der Waals surface area (Å²) in [4.78, 5) is 5.46. The van der Waals surface area contributed by atoms with Crippen LogP contribution in [0.5, 0.6) is 0 Å². The summed E-state index contributed by atoms with van der Waals surface area (Å²) in [7, 11) is 0. The first-order valence-electron chi connectivity index (χ1n) is 8.17. The SMILES string of the molecule is CC(C)(C)C1CCCN(C2CCN(C(C)(C)C)C2)C1. The van der Waals surface area contributed by atoms with Gasteiger partial charge < -0.3 is 0 Å². The van der Waals surface area contributed by atoms with Crippen LogP contribution in [0.1, 0.15) is 60.8 Å². The molecule has 0 bridgehead atoms. The van der Waals surface area contributed by atoms with E-state index in [1.807, 2.05) is 0 Å². The predicted molar refractivity (Wildman–Crippen MR) is 83.5 cm³/mol. The Balaban J connectivity index is 1.93. The topological polar surface area (TPSA) is 6.48 Å². The number of hydrogen-bond acceptors (Lipinski definition) is 2. The van der Waals surface area contributed by atoms with Gasteiger partial charge in [0, 0.05) is 31.2 Å². The predicted octanol–water partition coefficient (Wildman–Crippen LogP) is 3.62. The number of nitrogens with zero attached hydrogens (tertiary/aromatic N) is 2. The van der Waals surface area contributed by atoms with E-state index in [9.17, 15) is 0 Å². The first kappa shape index (κ1) is 15.3. The number of likely N-dealkylation sites (tertiary alicyclic amines) is 2. The Labute approximate surface area is 120 Å². The lowest BCUT2D eigenvalue weighted by Gasteiger charge is -2.42. The Bertz CT molecular complexity index is 297. The normalized spacial score (nSPS) is 31.9. The molecule has 0 aromatic heterocycles. The maximum absolute atomic E-state index is 2.80. The zero-order valence-electron chi connectivity index (χ0n) is 14.0. The van der Waals surface area contributed by atoms with E-state index < -0.39 is 0 Å². The van der Waals surface area contributed by atoms with Crippen molar-refractivity contribution < 1.29 is 0 Å². The van der Waals surface area contributed by atoms with Gasteiger partial charge in [-0.3, -0.25) is 9.80 Å². The first-order valence-corrected chi connectivity index (χ1v) is 8.17. The molecule has 2 unspecified atom stereocenters. The van der Waals surface area contributed by atoms with Crippen LogP contribution in [0.4, 0.5) is 0 Å². The summed E-state index contributed by atoms with van der Waals surface area (Å²) >= 11 is 0. The number of piperidine rings is 1. The zero-order chi connectivity index (χ0) is 14.3. The second kappa shape index (κ2) is 5.37. The van der Waals surface area contributed by atoms with Crippen molar-refractivity contribution in [3.63, 3.8) is 0 Å². The fourth-order valence-electron chi connectivity index (χ4n) is 3.69. The molecular formula is C17H34N2. The van der Waals surface area contributed by atoms with Gasteiger partial charge in [0.25, 0.3) is 0 Å². The smallest absolute Gasteiger partial charge is 0.0235 e. The molecule has 2 aliphatic heterocycles. The third-order valence-corrected chi connectivity index (χ3v) is 5.31. The number of hydrogen-bond donors (Lipinski definition) is 0. The highest BCUT2D eigenvalue weighted by molar-refractivity contribution is 4.92. The molecule has 0 saturated carbocycles. The highest BCUT2D eigenvalue weighted by atomic mass is 15.3. The molecule has 19 heavy (non-hydrogen) atoms. The van der Waals surface area contributed by atoms with Crippen molar-refractivity contribution in [3.8, 4) is 0 Å². The minimum absolute atomic E-state index is 0.341. The summed E-state index contributed by atoms with van der Waals surface area (Å²) in [6.07, 6.45) is 4.19. The molecule has 112 valence electrons. The average molecular weight is 266 g/mol. The Kier molecular flexibility index (Phi) is 4.32. The molecule has 2 aliphatic rings. The van der Waals surface area contributed by atoms with E-state index in [4.69, 9.17) is 0 Å². The zero-order valence-corrected chi connectivity index (χ0v) is 14.0. The lowest BCUT2D eigenvalue weighted by atomic mass is 9.76. The third kappa shape index (κ3) is 3.72. The Morgan fingerprint density at radius 3 is 2.05 bits per heavy atom. The van der Waals surface area contributed by atoms with E-state index in [1.54, 1.807) is 0 Å². The summed E-state index contributed by atoms with van der Waals surface area (Å²) in [6, 6.07) is 0.810. The van der Waals surface area contributed by atoms with Gasteiger partial charge in [0.05, 0.1) is 0 Å². The van der Waals surface area contributed by atoms with Crippen LogP contribution in [0.15, 0.2) is 0 Å². The minimum Gasteiger partial charge on any atom is -0.299 e. The summed E-state index contributed by atoms with van der Waals surface area (Å²) in [6.45, 7) is 19.5. The lowest BCUT2D eigenvalue weighted by molar-refractivity contribution is 0.0644. The molecule has 2 fully saturated rings. The third-order valence-electron chi connectivity index (χ3n) is 5.31. The Hall–Kier alpha value is -0.0800. The molecule has 2 rings (SSSR count). The molecule has 0 aliphatic carbocycles. The van der Waals surface area contributed by atoms with Crippen LogP contribution in [-0.2, 0) is 0 Å². The molecule has 0 aromatic rings. The van der Waals surface area contributed by atoms with Crippen LogP contribution < -0.4 is 0 Å². The first-order chi connectivity index (χ1) is 8.68. The summed E-state index contributed by atoms with van der Waals surface area (Å²) in [5.74, 6) is 0.880. The van der Waals surface area contributed by atoms with Crippen molar-refractivity contribution in [3.05, 3.63) is 0 Å². The van der Waals surface area contributed by atoms with Crippen molar-refractivity contribution >= 4 is 0 Å². The van der Waals surface area contributed by atoms with Crippen LogP contribution in [0.25, 0.3) is 0 Å². The molecule has 2 saturated heterocycles. The van der Waals surface area contributed by atoms with E-state index in [0.29, 0.717) is 11.0 Å².